The van der Waals surface area contributed by atoms with Crippen LogP contribution in [0.5, 0.6) is 5.75 Å². The molecule has 0 aromatic heterocycles. The largest absolute Gasteiger partial charge is 0.550 e. The van der Waals surface area contributed by atoms with Crippen LogP contribution < -0.4 is 9.84 Å². The van der Waals surface area contributed by atoms with Crippen LogP contribution in [0.2, 0.25) is 0 Å². The van der Waals surface area contributed by atoms with Gasteiger partial charge in [0.05, 0.1) is 6.61 Å². The van der Waals surface area contributed by atoms with Crippen molar-refractivity contribution in [1.29, 1.82) is 0 Å². The number of benzene rings is 1. The maximum atomic E-state index is 10.1. The van der Waals surface area contributed by atoms with Crippen molar-refractivity contribution < 1.29 is 14.6 Å². The van der Waals surface area contributed by atoms with Crippen LogP contribution in [-0.4, -0.2) is 12.6 Å². The number of carbonyl (C=O) groups excluding carboxylic acids is 1. The number of hydrogen-bond donors (Lipinski definition) is 0. The second kappa shape index (κ2) is 4.50. The zero-order valence-corrected chi connectivity index (χ0v) is 7.45. The van der Waals surface area contributed by atoms with Gasteiger partial charge in [-0.3, -0.25) is 0 Å². The number of hydrogen-bond acceptors (Lipinski definition) is 3. The zero-order chi connectivity index (χ0) is 9.68. The molecule has 0 N–H and O–H groups in total. The minimum Gasteiger partial charge on any atom is -0.550 e. The van der Waals surface area contributed by atoms with Gasteiger partial charge in [0, 0.05) is 12.4 Å². The first kappa shape index (κ1) is 9.58. The SMILES string of the molecule is Cc1cccc(OCCC(=O)[O-])c1. The van der Waals surface area contributed by atoms with E-state index in [0.717, 1.165) is 5.56 Å². The molecule has 0 saturated carbocycles. The molecule has 0 unspecified atom stereocenters. The minimum absolute atomic E-state index is 0.0755. The van der Waals surface area contributed by atoms with Gasteiger partial charge in [-0.25, -0.2) is 0 Å². The standard InChI is InChI=1S/C10H12O3/c1-8-3-2-4-9(7-8)13-6-5-10(11)12/h2-4,7H,5-6H2,1H3,(H,11,12)/p-1. The summed E-state index contributed by atoms with van der Waals surface area (Å²) in [5.41, 5.74) is 1.09. The molecule has 0 bridgehead atoms. The fourth-order valence-corrected chi connectivity index (χ4v) is 0.957. The topological polar surface area (TPSA) is 49.4 Å². The Morgan fingerprint density at radius 2 is 2.31 bits per heavy atom. The lowest BCUT2D eigenvalue weighted by atomic mass is 10.2. The predicted molar refractivity (Wildman–Crippen MR) is 46.3 cm³/mol. The average Bonchev–Trinajstić information content (AvgIpc) is 2.03. The number of aryl methyl sites for hydroxylation is 1. The second-order valence-electron chi connectivity index (χ2n) is 2.79. The van der Waals surface area contributed by atoms with Crippen molar-refractivity contribution in [1.82, 2.24) is 0 Å². The van der Waals surface area contributed by atoms with E-state index in [1.807, 2.05) is 25.1 Å². The molecular weight excluding hydrogens is 168 g/mol. The molecule has 0 radical (unpaired) electrons. The predicted octanol–water partition coefficient (Wildman–Crippen LogP) is 0.514. The summed E-state index contributed by atoms with van der Waals surface area (Å²) in [5.74, 6) is -0.395. The third-order valence-electron chi connectivity index (χ3n) is 1.56. The average molecular weight is 179 g/mol. The Bertz CT molecular complexity index is 294. The van der Waals surface area contributed by atoms with Crippen LogP contribution in [0.4, 0.5) is 0 Å². The molecule has 0 saturated heterocycles. The number of aliphatic carboxylic acids is 1. The molecule has 3 nitrogen and oxygen atoms in total. The van der Waals surface area contributed by atoms with Crippen molar-refractivity contribution in [3.63, 3.8) is 0 Å². The van der Waals surface area contributed by atoms with Crippen molar-refractivity contribution in [3.05, 3.63) is 29.8 Å². The molecule has 0 aliphatic heterocycles. The first-order valence-corrected chi connectivity index (χ1v) is 4.08. The molecule has 3 heteroatoms. The van der Waals surface area contributed by atoms with Crippen LogP contribution in [0, 0.1) is 6.92 Å². The van der Waals surface area contributed by atoms with Crippen LogP contribution in [0.3, 0.4) is 0 Å². The lowest BCUT2D eigenvalue weighted by Crippen LogP contribution is -2.24. The first-order valence-electron chi connectivity index (χ1n) is 4.08. The Hall–Kier alpha value is -1.51. The summed E-state index contributed by atoms with van der Waals surface area (Å²) < 4.78 is 5.18. The zero-order valence-electron chi connectivity index (χ0n) is 7.45. The van der Waals surface area contributed by atoms with Crippen LogP contribution in [0.15, 0.2) is 24.3 Å². The smallest absolute Gasteiger partial charge is 0.119 e. The highest BCUT2D eigenvalue weighted by molar-refractivity contribution is 5.64. The molecule has 0 heterocycles. The van der Waals surface area contributed by atoms with Gasteiger partial charge in [0.2, 0.25) is 0 Å². The van der Waals surface area contributed by atoms with Gasteiger partial charge >= 0.3 is 0 Å². The highest BCUT2D eigenvalue weighted by atomic mass is 16.5. The van der Waals surface area contributed by atoms with Crippen LogP contribution >= 0.6 is 0 Å². The van der Waals surface area contributed by atoms with Crippen molar-refractivity contribution in [2.45, 2.75) is 13.3 Å². The van der Waals surface area contributed by atoms with Crippen LogP contribution in [0.1, 0.15) is 12.0 Å². The summed E-state index contributed by atoms with van der Waals surface area (Å²) in [6, 6.07) is 7.47. The highest BCUT2D eigenvalue weighted by Crippen LogP contribution is 2.12. The lowest BCUT2D eigenvalue weighted by Gasteiger charge is -2.06. The number of rotatable bonds is 4. The van der Waals surface area contributed by atoms with E-state index in [1.165, 1.54) is 0 Å². The van der Waals surface area contributed by atoms with Crippen LogP contribution in [0.25, 0.3) is 0 Å². The van der Waals surface area contributed by atoms with Crippen molar-refractivity contribution in [2.75, 3.05) is 6.61 Å². The Morgan fingerprint density at radius 1 is 1.54 bits per heavy atom. The molecule has 70 valence electrons. The highest BCUT2D eigenvalue weighted by Gasteiger charge is 1.93. The van der Waals surface area contributed by atoms with E-state index in [1.54, 1.807) is 6.07 Å². The van der Waals surface area contributed by atoms with Crippen molar-refractivity contribution in [3.8, 4) is 5.75 Å². The summed E-state index contributed by atoms with van der Waals surface area (Å²) in [6.45, 7) is 2.11. The number of carboxylic acids is 1. The summed E-state index contributed by atoms with van der Waals surface area (Å²) in [7, 11) is 0. The minimum atomic E-state index is -1.09. The fourth-order valence-electron chi connectivity index (χ4n) is 0.957. The third-order valence-corrected chi connectivity index (χ3v) is 1.56. The van der Waals surface area contributed by atoms with Crippen molar-refractivity contribution >= 4 is 5.97 Å². The molecule has 1 rings (SSSR count). The van der Waals surface area contributed by atoms with E-state index in [2.05, 4.69) is 0 Å². The monoisotopic (exact) mass is 179 g/mol. The van der Waals surface area contributed by atoms with E-state index in [9.17, 15) is 9.90 Å². The third kappa shape index (κ3) is 3.60. The van der Waals surface area contributed by atoms with Crippen LogP contribution in [-0.2, 0) is 4.79 Å². The molecule has 13 heavy (non-hydrogen) atoms. The van der Waals surface area contributed by atoms with E-state index in [0.29, 0.717) is 5.75 Å². The van der Waals surface area contributed by atoms with Gasteiger partial charge in [-0.05, 0) is 24.6 Å². The number of carboxylic acid groups (broad SMARTS) is 1. The molecule has 1 aromatic rings. The molecule has 0 atom stereocenters. The maximum absolute atomic E-state index is 10.1. The summed E-state index contributed by atoms with van der Waals surface area (Å²) >= 11 is 0. The summed E-state index contributed by atoms with van der Waals surface area (Å²) in [6.07, 6.45) is -0.0755. The normalized spacial score (nSPS) is 9.62. The molecule has 0 aliphatic rings. The second-order valence-corrected chi connectivity index (χ2v) is 2.79. The number of ether oxygens (including phenoxy) is 1. The lowest BCUT2D eigenvalue weighted by molar-refractivity contribution is -0.306. The fraction of sp³-hybridized carbons (Fsp3) is 0.300. The Labute approximate surface area is 77.0 Å². The maximum Gasteiger partial charge on any atom is 0.119 e. The van der Waals surface area contributed by atoms with E-state index in [-0.39, 0.29) is 13.0 Å². The molecule has 0 fully saturated rings. The van der Waals surface area contributed by atoms with Gasteiger partial charge < -0.3 is 14.6 Å². The molecule has 1 aromatic carbocycles. The van der Waals surface area contributed by atoms with E-state index in [4.69, 9.17) is 4.74 Å². The van der Waals surface area contributed by atoms with Gasteiger partial charge in [0.25, 0.3) is 0 Å². The number of carbonyl (C=O) groups is 1. The molecule has 0 aliphatic carbocycles. The Balaban J connectivity index is 2.41. The first-order chi connectivity index (χ1) is 6.18. The molecule has 0 amide bonds. The van der Waals surface area contributed by atoms with Gasteiger partial charge in [-0.1, -0.05) is 12.1 Å². The summed E-state index contributed by atoms with van der Waals surface area (Å²) in [4.78, 5) is 10.1. The Kier molecular flexibility index (Phi) is 3.31. The van der Waals surface area contributed by atoms with Crippen molar-refractivity contribution in [2.24, 2.45) is 0 Å². The quantitative estimate of drug-likeness (QED) is 0.676. The van der Waals surface area contributed by atoms with Gasteiger partial charge in [0.1, 0.15) is 5.75 Å². The summed E-state index contributed by atoms with van der Waals surface area (Å²) in [5, 5.41) is 10.1. The van der Waals surface area contributed by atoms with Gasteiger partial charge in [0.15, 0.2) is 0 Å². The Morgan fingerprint density at radius 3 is 2.92 bits per heavy atom. The van der Waals surface area contributed by atoms with Gasteiger partial charge in [-0.15, -0.1) is 0 Å². The van der Waals surface area contributed by atoms with E-state index < -0.39 is 5.97 Å². The van der Waals surface area contributed by atoms with Gasteiger partial charge in [-0.2, -0.15) is 0 Å². The molecular formula is C10H11O3-. The van der Waals surface area contributed by atoms with E-state index >= 15 is 0 Å². The molecule has 0 spiro atoms.